The molecule has 0 saturated carbocycles. The molecule has 0 unspecified atom stereocenters. The maximum atomic E-state index is 14.1. The topological polar surface area (TPSA) is 44.8 Å². The molecule has 0 spiro atoms. The molecule has 0 aliphatic heterocycles. The van der Waals surface area contributed by atoms with E-state index in [1.54, 1.807) is 0 Å². The zero-order chi connectivity index (χ0) is 19.3. The van der Waals surface area contributed by atoms with E-state index in [9.17, 15) is 30.9 Å². The van der Waals surface area contributed by atoms with Crippen molar-refractivity contribution in [2.24, 2.45) is 0 Å². The molecule has 1 rings (SSSR count). The summed E-state index contributed by atoms with van der Waals surface area (Å²) in [5.74, 6) is -10.4. The van der Waals surface area contributed by atoms with Gasteiger partial charge in [-0.05, 0) is 13.8 Å². The van der Waals surface area contributed by atoms with Crippen molar-refractivity contribution in [2.75, 3.05) is 13.2 Å². The van der Waals surface area contributed by atoms with Crippen molar-refractivity contribution in [1.82, 2.24) is 0 Å². The van der Waals surface area contributed by atoms with Crippen molar-refractivity contribution < 1.29 is 44.5 Å². The Morgan fingerprint density at radius 3 is 1.88 bits per heavy atom. The largest absolute Gasteiger partial charge is 0.530 e. The first-order valence-electron chi connectivity index (χ1n) is 6.97. The normalized spacial score (nSPS) is 14.2. The Labute approximate surface area is 140 Å². The van der Waals surface area contributed by atoms with Crippen LogP contribution in [0.1, 0.15) is 19.4 Å². The molecule has 0 aromatic heterocycles. The fourth-order valence-electron chi connectivity index (χ4n) is 1.59. The van der Waals surface area contributed by atoms with E-state index in [-0.39, 0.29) is 13.2 Å². The molecule has 4 nitrogen and oxygen atoms in total. The fraction of sp³-hybridized carbons (Fsp3) is 0.429. The van der Waals surface area contributed by atoms with Gasteiger partial charge in [0.05, 0.1) is 13.2 Å². The Morgan fingerprint density at radius 1 is 1.00 bits per heavy atom. The number of rotatable bonds is 8. The number of halogens is 6. The molecule has 11 heteroatoms. The van der Waals surface area contributed by atoms with Gasteiger partial charge in [0.2, 0.25) is 5.83 Å². The van der Waals surface area contributed by atoms with E-state index in [2.05, 4.69) is 13.6 Å². The predicted molar refractivity (Wildman–Crippen MR) is 77.4 cm³/mol. The molecule has 0 atom stereocenters. The minimum absolute atomic E-state index is 0.281. The summed E-state index contributed by atoms with van der Waals surface area (Å²) in [5, 5.41) is 0. The smallest absolute Gasteiger partial charge is 0.400 e. The minimum Gasteiger partial charge on any atom is -0.400 e. The van der Waals surface area contributed by atoms with Crippen molar-refractivity contribution in [3.8, 4) is 0 Å². The summed E-state index contributed by atoms with van der Waals surface area (Å²) in [6.07, 6.45) is -6.22. The van der Waals surface area contributed by atoms with Gasteiger partial charge in [-0.1, -0.05) is 30.3 Å². The molecule has 0 aliphatic carbocycles. The molecular formula is C14H15F6O4P. The van der Waals surface area contributed by atoms with E-state index in [0.29, 0.717) is 0 Å². The summed E-state index contributed by atoms with van der Waals surface area (Å²) in [6.45, 7) is 2.14. The molecule has 1 aromatic rings. The Morgan fingerprint density at radius 2 is 1.48 bits per heavy atom. The Kier molecular flexibility index (Phi) is 7.10. The van der Waals surface area contributed by atoms with Gasteiger partial charge in [-0.2, -0.15) is 22.0 Å². The van der Waals surface area contributed by atoms with Crippen LogP contribution in [0.4, 0.5) is 26.3 Å². The molecular weight excluding hydrogens is 377 g/mol. The highest BCUT2D eigenvalue weighted by Crippen LogP contribution is 2.55. The summed E-state index contributed by atoms with van der Waals surface area (Å²) in [7, 11) is -4.62. The predicted octanol–water partition coefficient (Wildman–Crippen LogP) is 5.72. The van der Waals surface area contributed by atoms with E-state index in [4.69, 9.17) is 0 Å². The van der Waals surface area contributed by atoms with Crippen LogP contribution in [0.3, 0.4) is 0 Å². The van der Waals surface area contributed by atoms with Crippen LogP contribution in [0.25, 0.3) is 5.76 Å². The lowest BCUT2D eigenvalue weighted by Crippen LogP contribution is -2.37. The Bertz CT molecular complexity index is 634. The Balaban J connectivity index is 3.51. The van der Waals surface area contributed by atoms with Crippen molar-refractivity contribution in [2.45, 2.75) is 25.9 Å². The monoisotopic (exact) mass is 392 g/mol. The van der Waals surface area contributed by atoms with Crippen LogP contribution in [0, 0.1) is 0 Å². The van der Waals surface area contributed by atoms with Gasteiger partial charge in [0.25, 0.3) is 0 Å². The number of benzene rings is 1. The number of hydrogen-bond acceptors (Lipinski definition) is 4. The van der Waals surface area contributed by atoms with Crippen molar-refractivity contribution in [1.29, 1.82) is 0 Å². The van der Waals surface area contributed by atoms with Gasteiger partial charge in [-0.15, -0.1) is 0 Å². The summed E-state index contributed by atoms with van der Waals surface area (Å²) in [5.41, 5.74) is -0.497. The average molecular weight is 392 g/mol. The summed E-state index contributed by atoms with van der Waals surface area (Å²) in [6, 6.07) is 5.90. The lowest BCUT2D eigenvalue weighted by molar-refractivity contribution is -0.270. The molecule has 0 N–H and O–H groups in total. The second-order valence-electron chi connectivity index (χ2n) is 4.46. The quantitative estimate of drug-likeness (QED) is 0.323. The lowest BCUT2D eigenvalue weighted by atomic mass is 10.1. The van der Waals surface area contributed by atoms with Crippen LogP contribution in [-0.2, 0) is 18.1 Å². The third-order valence-electron chi connectivity index (χ3n) is 2.64. The molecule has 142 valence electrons. The van der Waals surface area contributed by atoms with Crippen molar-refractivity contribution in [3.05, 3.63) is 41.7 Å². The van der Waals surface area contributed by atoms with Crippen LogP contribution >= 0.6 is 7.82 Å². The Hall–Kier alpha value is -1.51. The molecule has 0 aliphatic rings. The molecule has 0 amide bonds. The van der Waals surface area contributed by atoms with Crippen molar-refractivity contribution in [3.63, 3.8) is 0 Å². The molecule has 0 saturated heterocycles. The SMILES string of the molecule is CCOP(=O)(OCC)O/C(=C(/F)C(F)(F)C(F)(F)F)c1ccccc1. The number of hydrogen-bond donors (Lipinski definition) is 0. The average Bonchev–Trinajstić information content (AvgIpc) is 2.52. The van der Waals surface area contributed by atoms with Crippen LogP contribution in [0.15, 0.2) is 36.2 Å². The van der Waals surface area contributed by atoms with Gasteiger partial charge < -0.3 is 4.52 Å². The molecule has 25 heavy (non-hydrogen) atoms. The van der Waals surface area contributed by atoms with E-state index < -0.39 is 37.1 Å². The molecule has 0 radical (unpaired) electrons. The third kappa shape index (κ3) is 5.23. The van der Waals surface area contributed by atoms with Gasteiger partial charge in [0.1, 0.15) is 0 Å². The van der Waals surface area contributed by atoms with E-state index >= 15 is 0 Å². The van der Waals surface area contributed by atoms with E-state index in [1.807, 2.05) is 0 Å². The first-order valence-corrected chi connectivity index (χ1v) is 8.43. The molecule has 0 fully saturated rings. The van der Waals surface area contributed by atoms with Gasteiger partial charge in [0, 0.05) is 5.56 Å². The maximum absolute atomic E-state index is 14.1. The van der Waals surface area contributed by atoms with E-state index in [0.717, 1.165) is 12.1 Å². The van der Waals surface area contributed by atoms with Crippen LogP contribution in [-0.4, -0.2) is 25.3 Å². The van der Waals surface area contributed by atoms with Crippen LogP contribution in [0.2, 0.25) is 0 Å². The second kappa shape index (κ2) is 8.25. The first-order chi connectivity index (χ1) is 11.5. The van der Waals surface area contributed by atoms with Crippen LogP contribution < -0.4 is 0 Å². The van der Waals surface area contributed by atoms with E-state index in [1.165, 1.54) is 32.0 Å². The maximum Gasteiger partial charge on any atom is 0.530 e. The number of phosphoric ester groups is 1. The number of alkyl halides is 5. The first kappa shape index (κ1) is 21.5. The molecule has 0 bridgehead atoms. The highest BCUT2D eigenvalue weighted by atomic mass is 31.2. The third-order valence-corrected chi connectivity index (χ3v) is 4.20. The van der Waals surface area contributed by atoms with Crippen molar-refractivity contribution >= 4 is 13.6 Å². The molecule has 0 heterocycles. The van der Waals surface area contributed by atoms with Gasteiger partial charge in [-0.25, -0.2) is 8.96 Å². The highest BCUT2D eigenvalue weighted by Gasteiger charge is 2.63. The fourth-order valence-corrected chi connectivity index (χ4v) is 2.82. The van der Waals surface area contributed by atoms with Crippen LogP contribution in [0.5, 0.6) is 0 Å². The summed E-state index contributed by atoms with van der Waals surface area (Å²) in [4.78, 5) is 0. The molecule has 1 aromatic carbocycles. The van der Waals surface area contributed by atoms with Gasteiger partial charge >= 0.3 is 19.9 Å². The van der Waals surface area contributed by atoms with Gasteiger partial charge in [-0.3, -0.25) is 9.05 Å². The highest BCUT2D eigenvalue weighted by molar-refractivity contribution is 7.48. The second-order valence-corrected chi connectivity index (χ2v) is 6.05. The summed E-state index contributed by atoms with van der Waals surface area (Å²) >= 11 is 0. The summed E-state index contributed by atoms with van der Waals surface area (Å²) < 4.78 is 104. The number of allylic oxidation sites excluding steroid dienone is 1. The minimum atomic E-state index is -6.22. The zero-order valence-electron chi connectivity index (χ0n) is 13.1. The lowest BCUT2D eigenvalue weighted by Gasteiger charge is -2.23. The number of phosphoric acid groups is 1. The standard InChI is InChI=1S/C14H15F6O4P/c1-3-22-25(21,23-4-2)24-11(10-8-6-5-7-9-10)12(15)13(16,17)14(18,19)20/h5-9H,3-4H2,1-2H3/b12-11+. The van der Waals surface area contributed by atoms with Gasteiger partial charge in [0.15, 0.2) is 5.76 Å². The zero-order valence-corrected chi connectivity index (χ0v) is 14.0.